The molecule has 2 heteroatoms. The minimum atomic E-state index is 0.856. The van der Waals surface area contributed by atoms with Gasteiger partial charge in [-0.1, -0.05) is 30.3 Å². The van der Waals surface area contributed by atoms with Crippen molar-refractivity contribution in [2.45, 2.75) is 38.3 Å². The van der Waals surface area contributed by atoms with Crippen LogP contribution in [-0.4, -0.2) is 30.6 Å². The minimum Gasteiger partial charge on any atom is -0.314 e. The first-order valence-corrected chi connectivity index (χ1v) is 7.40. The highest BCUT2D eigenvalue weighted by Gasteiger charge is 2.24. The Bertz CT molecular complexity index is 359. The van der Waals surface area contributed by atoms with E-state index in [0.29, 0.717) is 0 Å². The van der Waals surface area contributed by atoms with Crippen molar-refractivity contribution in [3.63, 3.8) is 0 Å². The SMILES string of the molecule is c1ccc(CN2CCC[C@@H](CNC3CC3)C2)cc1. The van der Waals surface area contributed by atoms with Gasteiger partial charge in [0.1, 0.15) is 0 Å². The van der Waals surface area contributed by atoms with Gasteiger partial charge >= 0.3 is 0 Å². The molecule has 0 bridgehead atoms. The second kappa shape index (κ2) is 5.85. The lowest BCUT2D eigenvalue weighted by Gasteiger charge is -2.33. The third-order valence-electron chi connectivity index (χ3n) is 4.12. The minimum absolute atomic E-state index is 0.856. The highest BCUT2D eigenvalue weighted by molar-refractivity contribution is 5.14. The smallest absolute Gasteiger partial charge is 0.0233 e. The molecule has 0 spiro atoms. The molecule has 1 aromatic rings. The van der Waals surface area contributed by atoms with Gasteiger partial charge in [0.15, 0.2) is 0 Å². The molecule has 0 unspecified atom stereocenters. The van der Waals surface area contributed by atoms with E-state index in [2.05, 4.69) is 40.5 Å². The van der Waals surface area contributed by atoms with Crippen molar-refractivity contribution in [3.8, 4) is 0 Å². The fourth-order valence-electron chi connectivity index (χ4n) is 2.92. The van der Waals surface area contributed by atoms with E-state index in [1.807, 2.05) is 0 Å². The molecule has 1 N–H and O–H groups in total. The van der Waals surface area contributed by atoms with Crippen LogP contribution in [0.3, 0.4) is 0 Å². The van der Waals surface area contributed by atoms with Crippen LogP contribution in [0.25, 0.3) is 0 Å². The van der Waals surface area contributed by atoms with Crippen LogP contribution in [0.5, 0.6) is 0 Å². The Balaban J connectivity index is 1.47. The van der Waals surface area contributed by atoms with Crippen LogP contribution in [0, 0.1) is 5.92 Å². The number of nitrogens with one attached hydrogen (secondary N) is 1. The predicted molar refractivity (Wildman–Crippen MR) is 75.5 cm³/mol. The quantitative estimate of drug-likeness (QED) is 0.856. The number of hydrogen-bond acceptors (Lipinski definition) is 2. The molecular weight excluding hydrogens is 220 g/mol. The zero-order valence-electron chi connectivity index (χ0n) is 11.1. The fraction of sp³-hybridized carbons (Fsp3) is 0.625. The van der Waals surface area contributed by atoms with E-state index in [-0.39, 0.29) is 0 Å². The van der Waals surface area contributed by atoms with Gasteiger partial charge in [0.05, 0.1) is 0 Å². The monoisotopic (exact) mass is 244 g/mol. The first-order chi connectivity index (χ1) is 8.90. The maximum Gasteiger partial charge on any atom is 0.0233 e. The molecule has 1 atom stereocenters. The van der Waals surface area contributed by atoms with E-state index < -0.39 is 0 Å². The average Bonchev–Trinajstić information content (AvgIpc) is 3.22. The van der Waals surface area contributed by atoms with Gasteiger partial charge in [-0.25, -0.2) is 0 Å². The Hall–Kier alpha value is -0.860. The molecule has 18 heavy (non-hydrogen) atoms. The standard InChI is InChI=1S/C16H24N2/c1-2-5-14(6-3-1)12-18-10-4-7-15(13-18)11-17-16-8-9-16/h1-3,5-6,15-17H,4,7-13H2/t15-/m0/s1. The van der Waals surface area contributed by atoms with Crippen molar-refractivity contribution in [3.05, 3.63) is 35.9 Å². The molecule has 3 rings (SSSR count). The number of hydrogen-bond donors (Lipinski definition) is 1. The molecule has 0 aromatic heterocycles. The fourth-order valence-corrected chi connectivity index (χ4v) is 2.92. The number of nitrogens with zero attached hydrogens (tertiary/aromatic N) is 1. The topological polar surface area (TPSA) is 15.3 Å². The molecule has 2 aliphatic rings. The summed E-state index contributed by atoms with van der Waals surface area (Å²) in [5, 5.41) is 3.68. The van der Waals surface area contributed by atoms with Crippen molar-refractivity contribution in [1.82, 2.24) is 10.2 Å². The molecule has 98 valence electrons. The average molecular weight is 244 g/mol. The summed E-state index contributed by atoms with van der Waals surface area (Å²) < 4.78 is 0. The van der Waals surface area contributed by atoms with Gasteiger partial charge in [0.2, 0.25) is 0 Å². The van der Waals surface area contributed by atoms with Crippen molar-refractivity contribution >= 4 is 0 Å². The normalized spacial score (nSPS) is 25.2. The lowest BCUT2D eigenvalue weighted by Crippen LogP contribution is -2.39. The molecule has 0 radical (unpaired) electrons. The molecule has 0 amide bonds. The van der Waals surface area contributed by atoms with Crippen LogP contribution >= 0.6 is 0 Å². The first-order valence-electron chi connectivity index (χ1n) is 7.40. The Morgan fingerprint density at radius 1 is 1.11 bits per heavy atom. The zero-order valence-corrected chi connectivity index (χ0v) is 11.1. The van der Waals surface area contributed by atoms with Crippen molar-refractivity contribution < 1.29 is 0 Å². The first kappa shape index (κ1) is 12.2. The third-order valence-corrected chi connectivity index (χ3v) is 4.12. The second-order valence-corrected chi connectivity index (χ2v) is 5.91. The Kier molecular flexibility index (Phi) is 3.96. The van der Waals surface area contributed by atoms with Crippen LogP contribution in [0.15, 0.2) is 30.3 Å². The van der Waals surface area contributed by atoms with E-state index in [1.165, 1.54) is 50.9 Å². The second-order valence-electron chi connectivity index (χ2n) is 5.91. The van der Waals surface area contributed by atoms with Gasteiger partial charge in [-0.15, -0.1) is 0 Å². The lowest BCUT2D eigenvalue weighted by molar-refractivity contribution is 0.165. The number of likely N-dealkylation sites (tertiary alicyclic amines) is 1. The van der Waals surface area contributed by atoms with E-state index in [4.69, 9.17) is 0 Å². The molecule has 1 aliphatic heterocycles. The van der Waals surface area contributed by atoms with Gasteiger partial charge < -0.3 is 5.32 Å². The maximum absolute atomic E-state index is 3.68. The largest absolute Gasteiger partial charge is 0.314 e. The number of piperidine rings is 1. The highest BCUT2D eigenvalue weighted by atomic mass is 15.1. The third kappa shape index (κ3) is 3.56. The van der Waals surface area contributed by atoms with Crippen LogP contribution in [0.1, 0.15) is 31.2 Å². The predicted octanol–water partition coefficient (Wildman–Crippen LogP) is 2.65. The molecule has 1 aromatic carbocycles. The van der Waals surface area contributed by atoms with Crippen LogP contribution in [0.4, 0.5) is 0 Å². The van der Waals surface area contributed by atoms with Gasteiger partial charge in [0, 0.05) is 19.1 Å². The van der Waals surface area contributed by atoms with Crippen molar-refractivity contribution in [2.24, 2.45) is 5.92 Å². The summed E-state index contributed by atoms with van der Waals surface area (Å²) in [6.07, 6.45) is 5.58. The molecule has 1 saturated heterocycles. The van der Waals surface area contributed by atoms with E-state index in [1.54, 1.807) is 0 Å². The van der Waals surface area contributed by atoms with Gasteiger partial charge in [-0.3, -0.25) is 4.90 Å². The molecule has 2 fully saturated rings. The molecule has 1 saturated carbocycles. The van der Waals surface area contributed by atoms with Gasteiger partial charge in [-0.05, 0) is 50.3 Å². The summed E-state index contributed by atoms with van der Waals surface area (Å²) in [7, 11) is 0. The summed E-state index contributed by atoms with van der Waals surface area (Å²) in [5.74, 6) is 0.864. The summed E-state index contributed by atoms with van der Waals surface area (Å²) in [6.45, 7) is 4.90. The Morgan fingerprint density at radius 2 is 1.94 bits per heavy atom. The number of benzene rings is 1. The van der Waals surface area contributed by atoms with E-state index in [0.717, 1.165) is 18.5 Å². The van der Waals surface area contributed by atoms with Gasteiger partial charge in [-0.2, -0.15) is 0 Å². The summed E-state index contributed by atoms with van der Waals surface area (Å²) in [6, 6.07) is 11.7. The molecule has 2 nitrogen and oxygen atoms in total. The Labute approximate surface area is 110 Å². The van der Waals surface area contributed by atoms with E-state index >= 15 is 0 Å². The summed E-state index contributed by atoms with van der Waals surface area (Å²) in [5.41, 5.74) is 1.45. The Morgan fingerprint density at radius 3 is 2.72 bits per heavy atom. The summed E-state index contributed by atoms with van der Waals surface area (Å²) >= 11 is 0. The summed E-state index contributed by atoms with van der Waals surface area (Å²) in [4.78, 5) is 2.62. The lowest BCUT2D eigenvalue weighted by atomic mass is 9.97. The van der Waals surface area contributed by atoms with Crippen LogP contribution in [-0.2, 0) is 6.54 Å². The van der Waals surface area contributed by atoms with E-state index in [9.17, 15) is 0 Å². The molecular formula is C16H24N2. The number of rotatable bonds is 5. The van der Waals surface area contributed by atoms with Gasteiger partial charge in [0.25, 0.3) is 0 Å². The van der Waals surface area contributed by atoms with Crippen molar-refractivity contribution in [1.29, 1.82) is 0 Å². The molecule has 1 heterocycles. The maximum atomic E-state index is 3.68. The van der Waals surface area contributed by atoms with Crippen LogP contribution in [0.2, 0.25) is 0 Å². The molecule has 1 aliphatic carbocycles. The van der Waals surface area contributed by atoms with Crippen LogP contribution < -0.4 is 5.32 Å². The van der Waals surface area contributed by atoms with Crippen molar-refractivity contribution in [2.75, 3.05) is 19.6 Å². The highest BCUT2D eigenvalue weighted by Crippen LogP contribution is 2.22. The zero-order chi connectivity index (χ0) is 12.2.